The van der Waals surface area contributed by atoms with Crippen LogP contribution in [-0.2, 0) is 0 Å². The molecule has 5 aromatic rings. The van der Waals surface area contributed by atoms with Crippen LogP contribution in [0.15, 0.2) is 149 Å². The summed E-state index contributed by atoms with van der Waals surface area (Å²) in [6.45, 7) is 0. The summed E-state index contributed by atoms with van der Waals surface area (Å²) < 4.78 is 6.79. The highest BCUT2D eigenvalue weighted by atomic mass is 35.5. The van der Waals surface area contributed by atoms with Crippen molar-refractivity contribution >= 4 is 45.9 Å². The first kappa shape index (κ1) is 27.2. The Morgan fingerprint density at radius 3 is 1.90 bits per heavy atom. The largest absolute Gasteiger partial charge is 0.481 e. The van der Waals surface area contributed by atoms with Crippen molar-refractivity contribution in [1.29, 1.82) is 0 Å². The first-order chi connectivity index (χ1) is 20.6. The van der Waals surface area contributed by atoms with Crippen molar-refractivity contribution in [3.05, 3.63) is 144 Å². The zero-order chi connectivity index (χ0) is 28.9. The van der Waals surface area contributed by atoms with Crippen molar-refractivity contribution in [2.75, 3.05) is 23.9 Å². The van der Waals surface area contributed by atoms with Gasteiger partial charge in [-0.3, -0.25) is 4.90 Å². The topological polar surface area (TPSA) is 52.8 Å². The van der Waals surface area contributed by atoms with Crippen molar-refractivity contribution in [3.8, 4) is 5.75 Å². The van der Waals surface area contributed by atoms with Gasteiger partial charge in [-0.1, -0.05) is 84.4 Å². The molecule has 1 aliphatic rings. The van der Waals surface area contributed by atoms with Crippen molar-refractivity contribution in [1.82, 2.24) is 0 Å². The van der Waals surface area contributed by atoms with Gasteiger partial charge in [0.1, 0.15) is 23.0 Å². The molecule has 0 amide bonds. The van der Waals surface area contributed by atoms with Crippen LogP contribution in [0.25, 0.3) is 0 Å². The maximum Gasteiger partial charge on any atom is 0.170 e. The SMILES string of the molecule is CN(C)c1ccc(C2Oc3ccccc3N=C(N(c3ccccc3)c3ccccc3)C2N=Nc2ccccc2Cl)cc1. The molecule has 1 aliphatic heterocycles. The Morgan fingerprint density at radius 1 is 0.667 bits per heavy atom. The molecule has 0 saturated heterocycles. The van der Waals surface area contributed by atoms with E-state index in [1.807, 2.05) is 99.0 Å². The van der Waals surface area contributed by atoms with Crippen molar-refractivity contribution in [3.63, 3.8) is 0 Å². The molecule has 5 aromatic carbocycles. The molecule has 1 heterocycles. The molecule has 0 N–H and O–H groups in total. The summed E-state index contributed by atoms with van der Waals surface area (Å²) in [5.74, 6) is 1.35. The lowest BCUT2D eigenvalue weighted by atomic mass is 9.99. The highest BCUT2D eigenvalue weighted by Gasteiger charge is 2.37. The lowest BCUT2D eigenvalue weighted by Gasteiger charge is -2.31. The quantitative estimate of drug-likeness (QED) is 0.191. The molecular weight excluding hydrogens is 542 g/mol. The highest BCUT2D eigenvalue weighted by Crippen LogP contribution is 2.41. The van der Waals surface area contributed by atoms with E-state index in [-0.39, 0.29) is 0 Å². The number of para-hydroxylation sites is 4. The fraction of sp³-hybridized carbons (Fsp3) is 0.114. The third kappa shape index (κ3) is 5.76. The predicted octanol–water partition coefficient (Wildman–Crippen LogP) is 9.56. The van der Waals surface area contributed by atoms with E-state index >= 15 is 0 Å². The standard InChI is InChI=1S/C35H30ClN5O/c1-40(2)26-23-21-25(22-24-26)34-33(39-38-30-18-10-9-17-29(30)36)35(37-31-19-11-12-20-32(31)42-34)41(27-13-5-3-6-14-27)28-15-7-4-8-16-28/h3-24,33-34H,1-2H3. The lowest BCUT2D eigenvalue weighted by molar-refractivity contribution is 0.198. The molecule has 7 heteroatoms. The summed E-state index contributed by atoms with van der Waals surface area (Å²) >= 11 is 6.51. The van der Waals surface area contributed by atoms with Gasteiger partial charge in [0.25, 0.3) is 0 Å². The van der Waals surface area contributed by atoms with Gasteiger partial charge in [0.05, 0.1) is 5.02 Å². The van der Waals surface area contributed by atoms with Crippen LogP contribution in [0.4, 0.5) is 28.4 Å². The van der Waals surface area contributed by atoms with E-state index in [1.54, 1.807) is 0 Å². The molecule has 2 unspecified atom stereocenters. The molecule has 0 fully saturated rings. The van der Waals surface area contributed by atoms with Gasteiger partial charge >= 0.3 is 0 Å². The molecule has 0 spiro atoms. The Bertz CT molecular complexity index is 1670. The highest BCUT2D eigenvalue weighted by molar-refractivity contribution is 6.32. The van der Waals surface area contributed by atoms with E-state index in [1.165, 1.54) is 0 Å². The second-order valence-corrected chi connectivity index (χ2v) is 10.5. The van der Waals surface area contributed by atoms with Gasteiger partial charge < -0.3 is 9.64 Å². The van der Waals surface area contributed by atoms with Gasteiger partial charge in [-0.15, -0.1) is 0 Å². The van der Waals surface area contributed by atoms with Gasteiger partial charge in [0.15, 0.2) is 12.1 Å². The molecule has 6 nitrogen and oxygen atoms in total. The second-order valence-electron chi connectivity index (χ2n) is 10.1. The molecular formula is C35H30ClN5O. The molecule has 6 rings (SSSR count). The number of amidine groups is 1. The van der Waals surface area contributed by atoms with Crippen LogP contribution in [0.1, 0.15) is 11.7 Å². The Hall–Kier alpha value is -4.94. The molecule has 0 aromatic heterocycles. The smallest absolute Gasteiger partial charge is 0.170 e. The Morgan fingerprint density at radius 2 is 1.26 bits per heavy atom. The van der Waals surface area contributed by atoms with E-state index in [4.69, 9.17) is 26.4 Å². The molecule has 42 heavy (non-hydrogen) atoms. The van der Waals surface area contributed by atoms with E-state index < -0.39 is 12.1 Å². The normalized spacial score (nSPS) is 16.2. The monoisotopic (exact) mass is 571 g/mol. The number of halogens is 1. The summed E-state index contributed by atoms with van der Waals surface area (Å²) in [4.78, 5) is 9.45. The third-order valence-electron chi connectivity index (χ3n) is 7.04. The maximum atomic E-state index is 6.79. The second kappa shape index (κ2) is 12.3. The zero-order valence-corrected chi connectivity index (χ0v) is 24.1. The van der Waals surface area contributed by atoms with Gasteiger partial charge in [-0.05, 0) is 66.2 Å². The summed E-state index contributed by atoms with van der Waals surface area (Å²) in [5, 5.41) is 10.2. The predicted molar refractivity (Wildman–Crippen MR) is 172 cm³/mol. The molecule has 0 saturated carbocycles. The molecule has 0 bridgehead atoms. The van der Waals surface area contributed by atoms with Gasteiger partial charge in [-0.25, -0.2) is 4.99 Å². The number of ether oxygens (including phenoxy) is 1. The van der Waals surface area contributed by atoms with Crippen LogP contribution in [0.3, 0.4) is 0 Å². The fourth-order valence-electron chi connectivity index (χ4n) is 4.91. The van der Waals surface area contributed by atoms with E-state index in [2.05, 4.69) is 63.4 Å². The molecule has 0 radical (unpaired) electrons. The Kier molecular flexibility index (Phi) is 7.97. The van der Waals surface area contributed by atoms with Gasteiger partial charge in [-0.2, -0.15) is 10.2 Å². The van der Waals surface area contributed by atoms with Gasteiger partial charge in [0, 0.05) is 31.2 Å². The number of fused-ring (bicyclic) bond motifs is 1. The Labute approximate surface area is 251 Å². The molecule has 2 atom stereocenters. The fourth-order valence-corrected chi connectivity index (χ4v) is 5.08. The first-order valence-corrected chi connectivity index (χ1v) is 14.1. The van der Waals surface area contributed by atoms with E-state index in [0.29, 0.717) is 22.3 Å². The number of azo groups is 1. The number of anilines is 3. The van der Waals surface area contributed by atoms with Crippen LogP contribution >= 0.6 is 11.6 Å². The number of hydrogen-bond donors (Lipinski definition) is 0. The summed E-state index contributed by atoms with van der Waals surface area (Å²) in [6.07, 6.45) is -0.537. The summed E-state index contributed by atoms with van der Waals surface area (Å²) in [5.41, 5.74) is 5.23. The van der Waals surface area contributed by atoms with Crippen LogP contribution in [0.5, 0.6) is 5.75 Å². The van der Waals surface area contributed by atoms with Gasteiger partial charge in [0.2, 0.25) is 0 Å². The number of hydrogen-bond acceptors (Lipinski definition) is 6. The minimum Gasteiger partial charge on any atom is -0.481 e. The summed E-state index contributed by atoms with van der Waals surface area (Å²) in [6, 6.07) is 43.3. The number of nitrogens with zero attached hydrogens (tertiary/aromatic N) is 5. The van der Waals surface area contributed by atoms with Crippen molar-refractivity contribution < 1.29 is 4.74 Å². The average Bonchev–Trinajstić information content (AvgIpc) is 3.19. The molecule has 0 aliphatic carbocycles. The number of aliphatic imine (C=N–C) groups is 1. The van der Waals surface area contributed by atoms with Crippen molar-refractivity contribution in [2.24, 2.45) is 15.2 Å². The lowest BCUT2D eigenvalue weighted by Crippen LogP contribution is -2.39. The number of benzene rings is 5. The van der Waals surface area contributed by atoms with E-state index in [9.17, 15) is 0 Å². The van der Waals surface area contributed by atoms with Crippen LogP contribution in [-0.4, -0.2) is 26.0 Å². The average molecular weight is 572 g/mol. The van der Waals surface area contributed by atoms with Crippen LogP contribution in [0.2, 0.25) is 5.02 Å². The minimum absolute atomic E-state index is 0.521. The number of rotatable bonds is 6. The van der Waals surface area contributed by atoms with Crippen LogP contribution in [0, 0.1) is 0 Å². The maximum absolute atomic E-state index is 6.79. The van der Waals surface area contributed by atoms with E-state index in [0.717, 1.165) is 28.3 Å². The third-order valence-corrected chi connectivity index (χ3v) is 7.36. The van der Waals surface area contributed by atoms with Crippen LogP contribution < -0.4 is 14.5 Å². The van der Waals surface area contributed by atoms with Crippen molar-refractivity contribution in [2.45, 2.75) is 12.1 Å². The zero-order valence-electron chi connectivity index (χ0n) is 23.4. The minimum atomic E-state index is -0.640. The molecule has 208 valence electrons. The first-order valence-electron chi connectivity index (χ1n) is 13.8. The summed E-state index contributed by atoms with van der Waals surface area (Å²) in [7, 11) is 4.05. The Balaban J connectivity index is 1.59.